The maximum Gasteiger partial charge on any atom is 0.119 e. The monoisotopic (exact) mass is 391 g/mol. The average Bonchev–Trinajstić information content (AvgIpc) is 2.73. The number of rotatable bonds is 9. The van der Waals surface area contributed by atoms with Gasteiger partial charge in [-0.1, -0.05) is 73.7 Å². The predicted molar refractivity (Wildman–Crippen MR) is 120 cm³/mol. The van der Waals surface area contributed by atoms with E-state index in [2.05, 4.69) is 54.3 Å². The van der Waals surface area contributed by atoms with E-state index in [1.165, 1.54) is 11.1 Å². The Morgan fingerprint density at radius 2 is 1.69 bits per heavy atom. The van der Waals surface area contributed by atoms with E-state index in [1.807, 2.05) is 50.5 Å². The van der Waals surface area contributed by atoms with E-state index in [9.17, 15) is 5.11 Å². The van der Waals surface area contributed by atoms with Crippen molar-refractivity contribution in [2.45, 2.75) is 31.3 Å². The Morgan fingerprint density at radius 1 is 1.00 bits per heavy atom. The molecule has 3 heteroatoms. The first-order chi connectivity index (χ1) is 14.0. The van der Waals surface area contributed by atoms with Crippen LogP contribution in [0.5, 0.6) is 5.75 Å². The van der Waals surface area contributed by atoms with Crippen molar-refractivity contribution < 1.29 is 9.84 Å². The van der Waals surface area contributed by atoms with Gasteiger partial charge >= 0.3 is 0 Å². The maximum absolute atomic E-state index is 11.5. The minimum absolute atomic E-state index is 0.0756. The fraction of sp³-hybridized carbons (Fsp3) is 0.385. The molecule has 3 rings (SSSR count). The number of likely N-dealkylation sites (N-methyl/N-ethyl adjacent to an activating group) is 1. The summed E-state index contributed by atoms with van der Waals surface area (Å²) in [6.07, 6.45) is 9.54. The maximum atomic E-state index is 11.5. The molecular weight excluding hydrogens is 358 g/mol. The summed E-state index contributed by atoms with van der Waals surface area (Å²) in [4.78, 5) is 2.11. The van der Waals surface area contributed by atoms with Gasteiger partial charge in [-0.2, -0.15) is 0 Å². The third kappa shape index (κ3) is 5.37. The first-order valence-corrected chi connectivity index (χ1v) is 10.5. The molecule has 0 aromatic heterocycles. The Labute approximate surface area is 175 Å². The zero-order valence-corrected chi connectivity index (χ0v) is 17.8. The van der Waals surface area contributed by atoms with E-state index >= 15 is 0 Å². The van der Waals surface area contributed by atoms with Crippen molar-refractivity contribution in [2.24, 2.45) is 5.92 Å². The van der Waals surface area contributed by atoms with Crippen LogP contribution in [0.1, 0.15) is 36.8 Å². The molecule has 154 valence electrons. The molecule has 3 nitrogen and oxygen atoms in total. The highest BCUT2D eigenvalue weighted by atomic mass is 16.5. The fourth-order valence-corrected chi connectivity index (χ4v) is 4.21. The second-order valence-electron chi connectivity index (χ2n) is 8.11. The quantitative estimate of drug-likeness (QED) is 0.651. The Bertz CT molecular complexity index is 810. The molecule has 0 bridgehead atoms. The molecule has 29 heavy (non-hydrogen) atoms. The van der Waals surface area contributed by atoms with Gasteiger partial charge < -0.3 is 14.7 Å². The van der Waals surface area contributed by atoms with Crippen molar-refractivity contribution in [1.29, 1.82) is 0 Å². The van der Waals surface area contributed by atoms with E-state index in [-0.39, 0.29) is 11.8 Å². The van der Waals surface area contributed by atoms with Gasteiger partial charge in [-0.05, 0) is 50.2 Å². The molecule has 0 aliphatic heterocycles. The van der Waals surface area contributed by atoms with Crippen LogP contribution in [0.25, 0.3) is 0 Å². The second-order valence-corrected chi connectivity index (χ2v) is 8.11. The Kier molecular flexibility index (Phi) is 7.29. The molecule has 0 saturated heterocycles. The lowest BCUT2D eigenvalue weighted by molar-refractivity contribution is 0.0200. The van der Waals surface area contributed by atoms with Crippen LogP contribution in [0.3, 0.4) is 0 Å². The lowest BCUT2D eigenvalue weighted by Crippen LogP contribution is -2.40. The number of allylic oxidation sites excluding steroid dienone is 2. The van der Waals surface area contributed by atoms with Crippen molar-refractivity contribution in [3.8, 4) is 5.75 Å². The molecule has 0 heterocycles. The molecule has 0 fully saturated rings. The first-order valence-electron chi connectivity index (χ1n) is 10.5. The lowest BCUT2D eigenvalue weighted by Gasteiger charge is -2.39. The molecule has 1 N–H and O–H groups in total. The molecule has 0 radical (unpaired) electrons. The van der Waals surface area contributed by atoms with Crippen LogP contribution in [-0.2, 0) is 0 Å². The topological polar surface area (TPSA) is 32.7 Å². The SMILES string of the molecule is CC[C@H](C(c1ccccc1)c1ccc(OCCN(C)C)cc1)[C@]1(O)C=CC=CC1. The number of hydrogen-bond donors (Lipinski definition) is 1. The van der Waals surface area contributed by atoms with Gasteiger partial charge in [0.1, 0.15) is 12.4 Å². The molecule has 1 aliphatic carbocycles. The first kappa shape index (κ1) is 21.4. The number of benzene rings is 2. The molecule has 1 unspecified atom stereocenters. The van der Waals surface area contributed by atoms with Gasteiger partial charge in [0.15, 0.2) is 0 Å². The summed E-state index contributed by atoms with van der Waals surface area (Å²) in [5.74, 6) is 1.07. The van der Waals surface area contributed by atoms with Crippen LogP contribution in [0.4, 0.5) is 0 Å². The van der Waals surface area contributed by atoms with Gasteiger partial charge in [0.25, 0.3) is 0 Å². The summed E-state index contributed by atoms with van der Waals surface area (Å²) in [6.45, 7) is 3.73. The highest BCUT2D eigenvalue weighted by Gasteiger charge is 2.39. The van der Waals surface area contributed by atoms with Gasteiger partial charge in [0.05, 0.1) is 5.60 Å². The van der Waals surface area contributed by atoms with Crippen LogP contribution in [-0.4, -0.2) is 42.9 Å². The molecule has 3 atom stereocenters. The predicted octanol–water partition coefficient (Wildman–Crippen LogP) is 5.03. The van der Waals surface area contributed by atoms with Crippen LogP contribution < -0.4 is 4.74 Å². The number of hydrogen-bond acceptors (Lipinski definition) is 3. The fourth-order valence-electron chi connectivity index (χ4n) is 4.21. The third-order valence-electron chi connectivity index (χ3n) is 5.77. The van der Waals surface area contributed by atoms with Crippen LogP contribution in [0.15, 0.2) is 78.9 Å². The number of ether oxygens (including phenoxy) is 1. The summed E-state index contributed by atoms with van der Waals surface area (Å²) < 4.78 is 5.87. The summed E-state index contributed by atoms with van der Waals surface area (Å²) in [5, 5.41) is 11.5. The molecular formula is C26H33NO2. The zero-order chi connectivity index (χ0) is 20.7. The number of nitrogens with zero attached hydrogens (tertiary/aromatic N) is 1. The van der Waals surface area contributed by atoms with E-state index in [1.54, 1.807) is 0 Å². The summed E-state index contributed by atoms with van der Waals surface area (Å²) >= 11 is 0. The second kappa shape index (κ2) is 9.91. The molecule has 0 amide bonds. The van der Waals surface area contributed by atoms with Gasteiger partial charge in [-0.3, -0.25) is 0 Å². The normalized spacial score (nSPS) is 20.6. The summed E-state index contributed by atoms with van der Waals surface area (Å²) in [6, 6.07) is 18.9. The number of aliphatic hydroxyl groups is 1. The summed E-state index contributed by atoms with van der Waals surface area (Å²) in [7, 11) is 4.09. The third-order valence-corrected chi connectivity index (χ3v) is 5.77. The van der Waals surface area contributed by atoms with Crippen molar-refractivity contribution in [1.82, 2.24) is 4.90 Å². The minimum atomic E-state index is -0.842. The van der Waals surface area contributed by atoms with Crippen molar-refractivity contribution >= 4 is 0 Å². The van der Waals surface area contributed by atoms with Crippen molar-refractivity contribution in [2.75, 3.05) is 27.2 Å². The standard InChI is InChI=1S/C26H33NO2/c1-4-24(26(28)17-9-6-10-18-26)25(21-11-7-5-8-12-21)22-13-15-23(16-14-22)29-20-19-27(2)3/h5-17,24-25,28H,4,18-20H2,1-3H3/t24-,25?,26+/m1/s1. The molecule has 0 spiro atoms. The van der Waals surface area contributed by atoms with Crippen LogP contribution >= 0.6 is 0 Å². The molecule has 0 saturated carbocycles. The van der Waals surface area contributed by atoms with E-state index in [4.69, 9.17) is 4.74 Å². The highest BCUT2D eigenvalue weighted by molar-refractivity contribution is 5.38. The molecule has 1 aliphatic rings. The summed E-state index contributed by atoms with van der Waals surface area (Å²) in [5.41, 5.74) is 1.60. The minimum Gasteiger partial charge on any atom is -0.492 e. The van der Waals surface area contributed by atoms with E-state index < -0.39 is 5.60 Å². The van der Waals surface area contributed by atoms with Crippen LogP contribution in [0, 0.1) is 5.92 Å². The van der Waals surface area contributed by atoms with Gasteiger partial charge in [0, 0.05) is 18.4 Å². The average molecular weight is 392 g/mol. The van der Waals surface area contributed by atoms with Crippen molar-refractivity contribution in [3.63, 3.8) is 0 Å². The molecule has 2 aromatic rings. The van der Waals surface area contributed by atoms with Gasteiger partial charge in [0.2, 0.25) is 0 Å². The van der Waals surface area contributed by atoms with Gasteiger partial charge in [-0.25, -0.2) is 0 Å². The van der Waals surface area contributed by atoms with Crippen LogP contribution in [0.2, 0.25) is 0 Å². The Balaban J connectivity index is 1.90. The van der Waals surface area contributed by atoms with Gasteiger partial charge in [-0.15, -0.1) is 0 Å². The van der Waals surface area contributed by atoms with E-state index in [0.717, 1.165) is 18.7 Å². The smallest absolute Gasteiger partial charge is 0.119 e. The lowest BCUT2D eigenvalue weighted by atomic mass is 9.68. The zero-order valence-electron chi connectivity index (χ0n) is 17.8. The van der Waals surface area contributed by atoms with E-state index in [0.29, 0.717) is 13.0 Å². The largest absolute Gasteiger partial charge is 0.492 e. The molecule has 2 aromatic carbocycles. The van der Waals surface area contributed by atoms with Crippen molar-refractivity contribution in [3.05, 3.63) is 90.0 Å². The Hall–Kier alpha value is -2.36. The highest BCUT2D eigenvalue weighted by Crippen LogP contribution is 2.43. The Morgan fingerprint density at radius 3 is 2.28 bits per heavy atom.